The molecule has 1 saturated heterocycles. The molecular weight excluding hydrogens is 370 g/mol. The van der Waals surface area contributed by atoms with Crippen LogP contribution in [0.4, 0.5) is 11.4 Å². The van der Waals surface area contributed by atoms with Crippen LogP contribution in [0.2, 0.25) is 0 Å². The van der Waals surface area contributed by atoms with Crippen LogP contribution in [0.5, 0.6) is 5.75 Å². The zero-order chi connectivity index (χ0) is 20.8. The van der Waals surface area contributed by atoms with Gasteiger partial charge in [0.25, 0.3) is 5.91 Å². The number of nitrogens with zero attached hydrogens (tertiary/aromatic N) is 1. The van der Waals surface area contributed by atoms with Gasteiger partial charge in [-0.3, -0.25) is 14.4 Å². The fourth-order valence-corrected chi connectivity index (χ4v) is 3.25. The Morgan fingerprint density at radius 1 is 1.14 bits per heavy atom. The molecule has 1 aliphatic heterocycles. The number of anilines is 2. The first kappa shape index (κ1) is 20.4. The third kappa shape index (κ3) is 4.74. The Bertz CT molecular complexity index is 895. The van der Waals surface area contributed by atoms with Crippen molar-refractivity contribution >= 4 is 29.1 Å². The number of carbonyl (C=O) groups is 3. The summed E-state index contributed by atoms with van der Waals surface area (Å²) in [5, 5.41) is 5.64. The fourth-order valence-electron chi connectivity index (χ4n) is 3.25. The summed E-state index contributed by atoms with van der Waals surface area (Å²) in [5.74, 6) is -0.400. The molecule has 2 aromatic rings. The first-order valence-electron chi connectivity index (χ1n) is 9.66. The molecule has 2 N–H and O–H groups in total. The molecule has 1 fully saturated rings. The predicted octanol–water partition coefficient (Wildman–Crippen LogP) is 2.83. The number of para-hydroxylation sites is 1. The van der Waals surface area contributed by atoms with E-state index in [1.54, 1.807) is 60.5 Å². The lowest BCUT2D eigenvalue weighted by Crippen LogP contribution is -2.29. The van der Waals surface area contributed by atoms with Gasteiger partial charge in [0, 0.05) is 25.2 Å². The van der Waals surface area contributed by atoms with Crippen molar-refractivity contribution in [3.63, 3.8) is 0 Å². The lowest BCUT2D eigenvalue weighted by molar-refractivity contribution is -0.122. The molecule has 0 unspecified atom stereocenters. The van der Waals surface area contributed by atoms with Crippen LogP contribution in [0.25, 0.3) is 0 Å². The average molecular weight is 395 g/mol. The minimum absolute atomic E-state index is 0.107. The second kappa shape index (κ2) is 9.23. The maximum Gasteiger partial charge on any atom is 0.253 e. The Labute approximate surface area is 170 Å². The van der Waals surface area contributed by atoms with E-state index < -0.39 is 5.92 Å². The number of amides is 3. The Balaban J connectivity index is 1.69. The lowest BCUT2D eigenvalue weighted by Gasteiger charge is -2.17. The van der Waals surface area contributed by atoms with E-state index in [0.29, 0.717) is 30.1 Å². The molecule has 7 heteroatoms. The number of hydrogen-bond donors (Lipinski definition) is 2. The number of methoxy groups -OCH3 is 1. The van der Waals surface area contributed by atoms with Crippen LogP contribution in [0.3, 0.4) is 0 Å². The molecule has 29 heavy (non-hydrogen) atoms. The van der Waals surface area contributed by atoms with Crippen molar-refractivity contribution in [1.29, 1.82) is 0 Å². The number of benzene rings is 2. The number of nitrogens with one attached hydrogen (secondary N) is 2. The Morgan fingerprint density at radius 3 is 2.55 bits per heavy atom. The van der Waals surface area contributed by atoms with Gasteiger partial charge in [0.1, 0.15) is 5.75 Å². The number of rotatable bonds is 7. The van der Waals surface area contributed by atoms with E-state index in [2.05, 4.69) is 10.6 Å². The molecule has 1 atom stereocenters. The van der Waals surface area contributed by atoms with Gasteiger partial charge in [-0.2, -0.15) is 0 Å². The second-order valence-corrected chi connectivity index (χ2v) is 6.89. The van der Waals surface area contributed by atoms with Gasteiger partial charge in [-0.25, -0.2) is 0 Å². The van der Waals surface area contributed by atoms with E-state index >= 15 is 0 Å². The minimum atomic E-state index is -0.489. The summed E-state index contributed by atoms with van der Waals surface area (Å²) in [5.41, 5.74) is 1.58. The van der Waals surface area contributed by atoms with Crippen LogP contribution in [-0.2, 0) is 9.59 Å². The van der Waals surface area contributed by atoms with Crippen LogP contribution < -0.4 is 20.3 Å². The fraction of sp³-hybridized carbons (Fsp3) is 0.318. The van der Waals surface area contributed by atoms with Crippen molar-refractivity contribution in [1.82, 2.24) is 5.32 Å². The predicted molar refractivity (Wildman–Crippen MR) is 111 cm³/mol. The van der Waals surface area contributed by atoms with Crippen LogP contribution in [-0.4, -0.2) is 37.9 Å². The van der Waals surface area contributed by atoms with E-state index in [0.717, 1.165) is 12.1 Å². The quantitative estimate of drug-likeness (QED) is 0.755. The summed E-state index contributed by atoms with van der Waals surface area (Å²) in [6.07, 6.45) is 0.952. The van der Waals surface area contributed by atoms with Crippen molar-refractivity contribution in [2.75, 3.05) is 30.4 Å². The van der Waals surface area contributed by atoms with E-state index in [4.69, 9.17) is 4.74 Å². The standard InChI is InChI=1S/C22H25N3O4/c1-3-12-23-22(28)18-6-4-5-7-19(18)24-21(27)15-13-20(26)25(14-15)16-8-10-17(29-2)11-9-16/h4-11,15H,3,12-14H2,1-2H3,(H,23,28)(H,24,27)/t15-/m1/s1. The van der Waals surface area contributed by atoms with Crippen molar-refractivity contribution in [3.8, 4) is 5.75 Å². The van der Waals surface area contributed by atoms with Crippen molar-refractivity contribution in [3.05, 3.63) is 54.1 Å². The zero-order valence-electron chi connectivity index (χ0n) is 16.6. The zero-order valence-corrected chi connectivity index (χ0v) is 16.6. The number of carbonyl (C=O) groups excluding carboxylic acids is 3. The van der Waals surface area contributed by atoms with Gasteiger partial charge in [0.2, 0.25) is 11.8 Å². The summed E-state index contributed by atoms with van der Waals surface area (Å²) in [6.45, 7) is 2.83. The molecule has 3 amide bonds. The molecule has 0 spiro atoms. The highest BCUT2D eigenvalue weighted by atomic mass is 16.5. The Hall–Kier alpha value is -3.35. The smallest absolute Gasteiger partial charge is 0.253 e. The second-order valence-electron chi connectivity index (χ2n) is 6.89. The first-order valence-corrected chi connectivity index (χ1v) is 9.66. The third-order valence-electron chi connectivity index (χ3n) is 4.85. The summed E-state index contributed by atoms with van der Waals surface area (Å²) in [4.78, 5) is 39.2. The van der Waals surface area contributed by atoms with Crippen molar-refractivity contribution in [2.24, 2.45) is 5.92 Å². The van der Waals surface area contributed by atoms with Gasteiger partial charge in [-0.1, -0.05) is 19.1 Å². The van der Waals surface area contributed by atoms with E-state index in [1.807, 2.05) is 6.92 Å². The van der Waals surface area contributed by atoms with E-state index in [9.17, 15) is 14.4 Å². The van der Waals surface area contributed by atoms with Crippen molar-refractivity contribution in [2.45, 2.75) is 19.8 Å². The molecule has 0 radical (unpaired) electrons. The van der Waals surface area contributed by atoms with Crippen molar-refractivity contribution < 1.29 is 19.1 Å². The topological polar surface area (TPSA) is 87.7 Å². The van der Waals surface area contributed by atoms with Gasteiger partial charge in [0.05, 0.1) is 24.3 Å². The molecule has 1 heterocycles. The summed E-state index contributed by atoms with van der Waals surface area (Å²) in [7, 11) is 1.58. The average Bonchev–Trinajstić information content (AvgIpc) is 3.14. The largest absolute Gasteiger partial charge is 0.497 e. The summed E-state index contributed by atoms with van der Waals surface area (Å²) < 4.78 is 5.14. The molecule has 0 saturated carbocycles. The number of ether oxygens (including phenoxy) is 1. The van der Waals surface area contributed by atoms with Crippen LogP contribution in [0.1, 0.15) is 30.1 Å². The highest BCUT2D eigenvalue weighted by Gasteiger charge is 2.35. The summed E-state index contributed by atoms with van der Waals surface area (Å²) >= 11 is 0. The minimum Gasteiger partial charge on any atom is -0.497 e. The normalized spacial score (nSPS) is 15.9. The number of hydrogen-bond acceptors (Lipinski definition) is 4. The molecule has 1 aliphatic rings. The van der Waals surface area contributed by atoms with Gasteiger partial charge >= 0.3 is 0 Å². The molecule has 3 rings (SSSR count). The molecule has 2 aromatic carbocycles. The Morgan fingerprint density at radius 2 is 1.86 bits per heavy atom. The highest BCUT2D eigenvalue weighted by molar-refractivity contribution is 6.07. The molecule has 152 valence electrons. The van der Waals surface area contributed by atoms with Crippen LogP contribution >= 0.6 is 0 Å². The van der Waals surface area contributed by atoms with Gasteiger partial charge < -0.3 is 20.3 Å². The third-order valence-corrected chi connectivity index (χ3v) is 4.85. The van der Waals surface area contributed by atoms with Gasteiger partial charge in [0.15, 0.2) is 0 Å². The molecular formula is C22H25N3O4. The van der Waals surface area contributed by atoms with Gasteiger partial charge in [-0.05, 0) is 42.8 Å². The van der Waals surface area contributed by atoms with Crippen LogP contribution in [0, 0.1) is 5.92 Å². The van der Waals surface area contributed by atoms with E-state index in [1.165, 1.54) is 0 Å². The molecule has 0 aliphatic carbocycles. The lowest BCUT2D eigenvalue weighted by atomic mass is 10.1. The molecule has 0 aromatic heterocycles. The molecule has 0 bridgehead atoms. The first-order chi connectivity index (χ1) is 14.0. The summed E-state index contributed by atoms with van der Waals surface area (Å²) in [6, 6.07) is 14.0. The molecule has 7 nitrogen and oxygen atoms in total. The Kier molecular flexibility index (Phi) is 6.49. The van der Waals surface area contributed by atoms with E-state index in [-0.39, 0.29) is 24.1 Å². The monoisotopic (exact) mass is 395 g/mol. The maximum atomic E-state index is 12.8. The van der Waals surface area contributed by atoms with Gasteiger partial charge in [-0.15, -0.1) is 0 Å². The maximum absolute atomic E-state index is 12.8. The highest BCUT2D eigenvalue weighted by Crippen LogP contribution is 2.28. The SMILES string of the molecule is CCCNC(=O)c1ccccc1NC(=O)[C@@H]1CC(=O)N(c2ccc(OC)cc2)C1. The van der Waals surface area contributed by atoms with Crippen LogP contribution in [0.15, 0.2) is 48.5 Å².